The summed E-state index contributed by atoms with van der Waals surface area (Å²) in [6.45, 7) is 27.2. The van der Waals surface area contributed by atoms with E-state index in [-0.39, 0.29) is 51.2 Å². The van der Waals surface area contributed by atoms with E-state index >= 15 is 0 Å². The Kier molecular flexibility index (Phi) is 14.6. The number of benzene rings is 2. The monoisotopic (exact) mass is 872 g/mol. The second-order valence-corrected chi connectivity index (χ2v) is 30.8. The Morgan fingerprint density at radius 2 is 1.00 bits per heavy atom. The highest BCUT2D eigenvalue weighted by Gasteiger charge is 2.47. The fraction of sp³-hybridized carbons (Fsp3) is 0.632. The van der Waals surface area contributed by atoms with Crippen molar-refractivity contribution in [3.05, 3.63) is 72.3 Å². The van der Waals surface area contributed by atoms with E-state index in [9.17, 15) is 43.2 Å². The number of rotatable bonds is 10. The molecule has 0 saturated carbocycles. The average Bonchev–Trinajstić information content (AvgIpc) is 3.67. The van der Waals surface area contributed by atoms with Crippen molar-refractivity contribution in [2.45, 2.75) is 150 Å². The van der Waals surface area contributed by atoms with Crippen LogP contribution in [0.25, 0.3) is 0 Å². The lowest BCUT2D eigenvalue weighted by Gasteiger charge is -2.38. The lowest BCUT2D eigenvalue weighted by molar-refractivity contribution is -0.138. The van der Waals surface area contributed by atoms with Crippen LogP contribution in [0, 0.1) is 0 Å². The third-order valence-corrected chi connectivity index (χ3v) is 24.3. The zero-order valence-corrected chi connectivity index (χ0v) is 37.8. The molecular weight excluding hydrogens is 815 g/mol. The van der Waals surface area contributed by atoms with E-state index in [2.05, 4.69) is 74.3 Å². The van der Waals surface area contributed by atoms with Crippen molar-refractivity contribution in [1.29, 1.82) is 0 Å². The summed E-state index contributed by atoms with van der Waals surface area (Å²) in [4.78, 5) is -0.285. The standard InChI is InChI=1S/C19H30F3NO3SSi.C19H28F3NO3SSi/c2*1-7-15-12-16(26-28(5,6)18(2,3)4)13-23(15)27(24,25)17-10-8-14(9-11-17)19(20,21)22/h8-11,15-16H,7,12-13H2,1-6H3;7-11,15-16H,1,12-13H2,2-6H3/t2*15-,16-/m11/s1. The van der Waals surface area contributed by atoms with Gasteiger partial charge in [0, 0.05) is 25.2 Å². The van der Waals surface area contributed by atoms with Gasteiger partial charge in [-0.3, -0.25) is 0 Å². The molecule has 0 amide bonds. The topological polar surface area (TPSA) is 93.2 Å². The Morgan fingerprint density at radius 1 is 0.661 bits per heavy atom. The third-order valence-electron chi connectivity index (χ3n) is 11.4. The van der Waals surface area contributed by atoms with Crippen LogP contribution < -0.4 is 0 Å². The van der Waals surface area contributed by atoms with Gasteiger partial charge in [-0.2, -0.15) is 35.0 Å². The first-order valence-electron chi connectivity index (χ1n) is 18.6. The lowest BCUT2D eigenvalue weighted by atomic mass is 10.2. The van der Waals surface area contributed by atoms with E-state index in [0.717, 1.165) is 48.5 Å². The number of nitrogens with zero attached hydrogens (tertiary/aromatic N) is 2. The van der Waals surface area contributed by atoms with Gasteiger partial charge in [-0.1, -0.05) is 54.5 Å². The summed E-state index contributed by atoms with van der Waals surface area (Å²) in [5.41, 5.74) is -1.74. The van der Waals surface area contributed by atoms with Gasteiger partial charge in [0.05, 0.1) is 33.1 Å². The Morgan fingerprint density at radius 3 is 1.32 bits per heavy atom. The van der Waals surface area contributed by atoms with Crippen molar-refractivity contribution in [3.8, 4) is 0 Å². The van der Waals surface area contributed by atoms with E-state index in [4.69, 9.17) is 8.85 Å². The molecule has 2 aromatic carbocycles. The zero-order chi connectivity index (χ0) is 43.1. The third kappa shape index (κ3) is 11.1. The van der Waals surface area contributed by atoms with E-state index in [1.807, 2.05) is 6.92 Å². The number of sulfonamides is 2. The quantitative estimate of drug-likeness (QED) is 0.134. The molecule has 18 heteroatoms. The van der Waals surface area contributed by atoms with Gasteiger partial charge in [0.1, 0.15) is 0 Å². The zero-order valence-electron chi connectivity index (χ0n) is 34.2. The van der Waals surface area contributed by atoms with Crippen LogP contribution in [0.2, 0.25) is 36.3 Å². The van der Waals surface area contributed by atoms with Gasteiger partial charge >= 0.3 is 12.4 Å². The molecule has 8 nitrogen and oxygen atoms in total. The molecule has 0 aromatic heterocycles. The Bertz CT molecular complexity index is 1880. The molecular formula is C38H58F6N2O6S2Si2. The van der Waals surface area contributed by atoms with Gasteiger partial charge in [0.15, 0.2) is 16.6 Å². The molecule has 2 aromatic rings. The largest absolute Gasteiger partial charge is 0.416 e. The van der Waals surface area contributed by atoms with Gasteiger partial charge < -0.3 is 8.85 Å². The molecule has 2 heterocycles. The second-order valence-electron chi connectivity index (χ2n) is 17.5. The van der Waals surface area contributed by atoms with E-state index < -0.39 is 66.2 Å². The van der Waals surface area contributed by atoms with Crippen LogP contribution in [-0.2, 0) is 41.3 Å². The SMILES string of the molecule is C=C[C@@H]1C[C@@H](O[Si](C)(C)C(C)(C)C)CN1S(=O)(=O)c1ccc(C(F)(F)F)cc1.CC[C@@H]1C[C@@H](O[Si](C)(C)C(C)(C)C)CN1S(=O)(=O)c1ccc(C(F)(F)F)cc1. The lowest BCUT2D eigenvalue weighted by Crippen LogP contribution is -2.44. The molecule has 2 aliphatic rings. The maximum absolute atomic E-state index is 13.1. The van der Waals surface area contributed by atoms with Crippen LogP contribution in [0.1, 0.15) is 78.9 Å². The molecule has 4 rings (SSSR count). The van der Waals surface area contributed by atoms with E-state index in [1.54, 1.807) is 6.08 Å². The minimum absolute atomic E-state index is 0.00837. The van der Waals surface area contributed by atoms with Crippen molar-refractivity contribution in [3.63, 3.8) is 0 Å². The molecule has 0 spiro atoms. The summed E-state index contributed by atoms with van der Waals surface area (Å²) < 4.78 is 144. The van der Waals surface area contributed by atoms with Crippen LogP contribution in [0.4, 0.5) is 26.3 Å². The van der Waals surface area contributed by atoms with Crippen LogP contribution in [-0.4, -0.2) is 79.5 Å². The Balaban J connectivity index is 0.000000300. The number of halogens is 6. The highest BCUT2D eigenvalue weighted by atomic mass is 32.2. The first-order valence-corrected chi connectivity index (χ1v) is 27.2. The predicted molar refractivity (Wildman–Crippen MR) is 212 cm³/mol. The molecule has 0 N–H and O–H groups in total. The van der Waals surface area contributed by atoms with Crippen LogP contribution >= 0.6 is 0 Å². The fourth-order valence-corrected chi connectivity index (χ4v) is 12.2. The molecule has 2 fully saturated rings. The Hall–Kier alpha value is -2.07. The molecule has 0 radical (unpaired) electrons. The summed E-state index contributed by atoms with van der Waals surface area (Å²) >= 11 is 0. The summed E-state index contributed by atoms with van der Waals surface area (Å²) in [6, 6.07) is 6.59. The van der Waals surface area contributed by atoms with E-state index in [1.165, 1.54) is 8.61 Å². The molecule has 2 saturated heterocycles. The summed E-state index contributed by atoms with van der Waals surface area (Å²) in [7, 11) is -12.0. The first-order chi connectivity index (χ1) is 25.2. The molecule has 2 aliphatic heterocycles. The first kappa shape index (κ1) is 48.3. The fourth-order valence-electron chi connectivity index (χ4n) is 6.06. The Labute approximate surface area is 332 Å². The van der Waals surface area contributed by atoms with Gasteiger partial charge in [0.25, 0.3) is 0 Å². The summed E-state index contributed by atoms with van der Waals surface area (Å²) in [5.74, 6) is 0. The summed E-state index contributed by atoms with van der Waals surface area (Å²) in [5, 5.41) is -0.00910. The van der Waals surface area contributed by atoms with Crippen molar-refractivity contribution in [2.24, 2.45) is 0 Å². The van der Waals surface area contributed by atoms with Crippen molar-refractivity contribution < 1.29 is 52.0 Å². The predicted octanol–water partition coefficient (Wildman–Crippen LogP) is 10.3. The van der Waals surface area contributed by atoms with Crippen molar-refractivity contribution >= 4 is 36.7 Å². The molecule has 0 aliphatic carbocycles. The van der Waals surface area contributed by atoms with Crippen LogP contribution in [0.15, 0.2) is 71.0 Å². The van der Waals surface area contributed by atoms with Gasteiger partial charge in [-0.15, -0.1) is 6.58 Å². The maximum atomic E-state index is 13.1. The second kappa shape index (κ2) is 16.9. The number of hydrogen-bond acceptors (Lipinski definition) is 6. The maximum Gasteiger partial charge on any atom is 0.416 e. The molecule has 56 heavy (non-hydrogen) atoms. The van der Waals surface area contributed by atoms with Crippen LogP contribution in [0.3, 0.4) is 0 Å². The molecule has 0 bridgehead atoms. The van der Waals surface area contributed by atoms with Gasteiger partial charge in [-0.05, 0) is 104 Å². The highest BCUT2D eigenvalue weighted by molar-refractivity contribution is 7.89. The highest BCUT2D eigenvalue weighted by Crippen LogP contribution is 2.42. The van der Waals surface area contributed by atoms with Crippen LogP contribution in [0.5, 0.6) is 0 Å². The molecule has 4 atom stereocenters. The number of hydrogen-bond donors (Lipinski definition) is 0. The smallest absolute Gasteiger partial charge is 0.413 e. The van der Waals surface area contributed by atoms with Gasteiger partial charge in [-0.25, -0.2) is 16.8 Å². The summed E-state index contributed by atoms with van der Waals surface area (Å²) in [6.07, 6.45) is -6.22. The van der Waals surface area contributed by atoms with Crippen molar-refractivity contribution in [2.75, 3.05) is 13.1 Å². The minimum Gasteiger partial charge on any atom is -0.413 e. The normalized spacial score (nSPS) is 22.5. The number of alkyl halides is 6. The van der Waals surface area contributed by atoms with Gasteiger partial charge in [0.2, 0.25) is 20.0 Å². The molecule has 318 valence electrons. The minimum atomic E-state index is -4.51. The average molecular weight is 873 g/mol. The van der Waals surface area contributed by atoms with E-state index in [0.29, 0.717) is 19.3 Å². The van der Waals surface area contributed by atoms with Crippen molar-refractivity contribution in [1.82, 2.24) is 8.61 Å². The molecule has 0 unspecified atom stereocenters.